The molecule has 1 spiro atoms. The molecule has 0 saturated carbocycles. The van der Waals surface area contributed by atoms with Crippen LogP contribution in [0.15, 0.2) is 18.2 Å². The Morgan fingerprint density at radius 3 is 2.62 bits per heavy atom. The molecule has 6 heteroatoms. The van der Waals surface area contributed by atoms with E-state index in [1.807, 2.05) is 0 Å². The molecule has 0 unspecified atom stereocenters. The van der Waals surface area contributed by atoms with Gasteiger partial charge < -0.3 is 15.3 Å². The van der Waals surface area contributed by atoms with Gasteiger partial charge in [-0.25, -0.2) is 0 Å². The summed E-state index contributed by atoms with van der Waals surface area (Å²) in [4.78, 5) is 25.6. The molecule has 0 aromatic heterocycles. The maximum absolute atomic E-state index is 12.4. The summed E-state index contributed by atoms with van der Waals surface area (Å²) in [6, 6.07) is 4.52. The second kappa shape index (κ2) is 5.22. The van der Waals surface area contributed by atoms with Gasteiger partial charge in [0, 0.05) is 31.1 Å². The Morgan fingerprint density at radius 1 is 1.33 bits per heavy atom. The molecule has 5 nitrogen and oxygen atoms in total. The number of nitrogens with one attached hydrogen (secondary N) is 1. The number of hydrogen-bond donors (Lipinski definition) is 2. The molecule has 2 aliphatic heterocycles. The van der Waals surface area contributed by atoms with E-state index in [0.717, 1.165) is 12.8 Å². The van der Waals surface area contributed by atoms with Crippen LogP contribution in [0.5, 0.6) is 5.75 Å². The molecule has 3 rings (SSSR count). The SMILES string of the molecule is O=C1CC2(CCN(C(=O)c3ccc(Cl)cc3O)CC2)CN1. The first kappa shape index (κ1) is 14.2. The van der Waals surface area contributed by atoms with E-state index in [1.165, 1.54) is 6.07 Å². The highest BCUT2D eigenvalue weighted by molar-refractivity contribution is 6.30. The smallest absolute Gasteiger partial charge is 0.257 e. The molecule has 1 aromatic rings. The highest BCUT2D eigenvalue weighted by atomic mass is 35.5. The fourth-order valence-electron chi connectivity index (χ4n) is 3.15. The van der Waals surface area contributed by atoms with Crippen molar-refractivity contribution in [2.24, 2.45) is 5.41 Å². The quantitative estimate of drug-likeness (QED) is 0.831. The van der Waals surface area contributed by atoms with Gasteiger partial charge in [0.25, 0.3) is 5.91 Å². The zero-order valence-corrected chi connectivity index (χ0v) is 12.3. The van der Waals surface area contributed by atoms with E-state index < -0.39 is 0 Å². The average Bonchev–Trinajstić information content (AvgIpc) is 2.80. The molecule has 0 bridgehead atoms. The molecule has 2 saturated heterocycles. The van der Waals surface area contributed by atoms with Gasteiger partial charge in [-0.2, -0.15) is 0 Å². The maximum atomic E-state index is 12.4. The molecular formula is C15H17ClN2O3. The Morgan fingerprint density at radius 2 is 2.05 bits per heavy atom. The molecule has 2 amide bonds. The van der Waals surface area contributed by atoms with Crippen molar-refractivity contribution in [3.05, 3.63) is 28.8 Å². The van der Waals surface area contributed by atoms with E-state index in [2.05, 4.69) is 5.32 Å². The average molecular weight is 309 g/mol. The van der Waals surface area contributed by atoms with Gasteiger partial charge in [0.2, 0.25) is 5.91 Å². The van der Waals surface area contributed by atoms with Gasteiger partial charge in [0.05, 0.1) is 5.56 Å². The van der Waals surface area contributed by atoms with Crippen LogP contribution < -0.4 is 5.32 Å². The second-order valence-corrected chi connectivity index (χ2v) is 6.34. The third-order valence-electron chi connectivity index (χ3n) is 4.50. The van der Waals surface area contributed by atoms with Crippen molar-refractivity contribution < 1.29 is 14.7 Å². The molecule has 2 N–H and O–H groups in total. The Balaban J connectivity index is 1.69. The third-order valence-corrected chi connectivity index (χ3v) is 4.73. The number of hydrogen-bond acceptors (Lipinski definition) is 3. The van der Waals surface area contributed by atoms with Crippen LogP contribution in [0.4, 0.5) is 0 Å². The Kier molecular flexibility index (Phi) is 3.53. The second-order valence-electron chi connectivity index (χ2n) is 5.91. The minimum Gasteiger partial charge on any atom is -0.507 e. The normalized spacial score (nSPS) is 20.6. The van der Waals surface area contributed by atoms with E-state index in [0.29, 0.717) is 31.1 Å². The fourth-order valence-corrected chi connectivity index (χ4v) is 3.31. The van der Waals surface area contributed by atoms with Crippen LogP contribution in [0.2, 0.25) is 5.02 Å². The number of likely N-dealkylation sites (tertiary alicyclic amines) is 1. The molecular weight excluding hydrogens is 292 g/mol. The number of phenolic OH excluding ortho intramolecular Hbond substituents is 1. The first-order valence-corrected chi connectivity index (χ1v) is 7.41. The highest BCUT2D eigenvalue weighted by Crippen LogP contribution is 2.38. The van der Waals surface area contributed by atoms with Gasteiger partial charge >= 0.3 is 0 Å². The largest absolute Gasteiger partial charge is 0.507 e. The molecule has 21 heavy (non-hydrogen) atoms. The van der Waals surface area contributed by atoms with Gasteiger partial charge in [0.15, 0.2) is 0 Å². The molecule has 112 valence electrons. The maximum Gasteiger partial charge on any atom is 0.257 e. The number of phenols is 1. The monoisotopic (exact) mass is 308 g/mol. The fraction of sp³-hybridized carbons (Fsp3) is 0.467. The molecule has 0 atom stereocenters. The van der Waals surface area contributed by atoms with Crippen molar-refractivity contribution in [1.82, 2.24) is 10.2 Å². The van der Waals surface area contributed by atoms with E-state index >= 15 is 0 Å². The van der Waals surface area contributed by atoms with Crippen LogP contribution in [0, 0.1) is 5.41 Å². The summed E-state index contributed by atoms with van der Waals surface area (Å²) in [5.74, 6) is -0.174. The zero-order valence-electron chi connectivity index (χ0n) is 11.6. The standard InChI is InChI=1S/C15H17ClN2O3/c16-10-1-2-11(12(19)7-10)14(21)18-5-3-15(4-6-18)8-13(20)17-9-15/h1-2,7,19H,3-6,8-9H2,(H,17,20). The van der Waals surface area contributed by atoms with Crippen LogP contribution >= 0.6 is 11.6 Å². The van der Waals surface area contributed by atoms with Crippen LogP contribution in [-0.4, -0.2) is 41.5 Å². The number of halogens is 1. The van der Waals surface area contributed by atoms with E-state index in [1.54, 1.807) is 17.0 Å². The summed E-state index contributed by atoms with van der Waals surface area (Å²) in [6.45, 7) is 1.92. The van der Waals surface area contributed by atoms with Gasteiger partial charge in [-0.3, -0.25) is 9.59 Å². The zero-order chi connectivity index (χ0) is 15.0. The van der Waals surface area contributed by atoms with Crippen molar-refractivity contribution in [1.29, 1.82) is 0 Å². The number of carbonyl (C=O) groups is 2. The van der Waals surface area contributed by atoms with Crippen LogP contribution in [0.3, 0.4) is 0 Å². The lowest BCUT2D eigenvalue weighted by molar-refractivity contribution is -0.119. The predicted molar refractivity (Wildman–Crippen MR) is 78.3 cm³/mol. The van der Waals surface area contributed by atoms with Crippen molar-refractivity contribution in [3.63, 3.8) is 0 Å². The molecule has 2 heterocycles. The minimum absolute atomic E-state index is 0.00983. The van der Waals surface area contributed by atoms with E-state index in [4.69, 9.17) is 11.6 Å². The first-order valence-electron chi connectivity index (χ1n) is 7.04. The van der Waals surface area contributed by atoms with Gasteiger partial charge in [-0.15, -0.1) is 0 Å². The summed E-state index contributed by atoms with van der Waals surface area (Å²) in [5, 5.41) is 13.1. The van der Waals surface area contributed by atoms with Crippen LogP contribution in [0.1, 0.15) is 29.6 Å². The van der Waals surface area contributed by atoms with Gasteiger partial charge in [-0.1, -0.05) is 11.6 Å². The lowest BCUT2D eigenvalue weighted by Crippen LogP contribution is -2.44. The van der Waals surface area contributed by atoms with Crippen LogP contribution in [0.25, 0.3) is 0 Å². The number of benzene rings is 1. The lowest BCUT2D eigenvalue weighted by Gasteiger charge is -2.38. The molecule has 2 aliphatic rings. The Hall–Kier alpha value is -1.75. The predicted octanol–water partition coefficient (Wildman–Crippen LogP) is 1.79. The van der Waals surface area contributed by atoms with Crippen molar-refractivity contribution in [2.75, 3.05) is 19.6 Å². The summed E-state index contributed by atoms with van der Waals surface area (Å²) in [7, 11) is 0. The Labute approximate surface area is 127 Å². The molecule has 2 fully saturated rings. The molecule has 1 aromatic carbocycles. The van der Waals surface area contributed by atoms with Crippen molar-refractivity contribution >= 4 is 23.4 Å². The first-order chi connectivity index (χ1) is 9.99. The third kappa shape index (κ3) is 2.70. The highest BCUT2D eigenvalue weighted by Gasteiger charge is 2.41. The molecule has 0 radical (unpaired) electrons. The van der Waals surface area contributed by atoms with E-state index in [-0.39, 0.29) is 28.5 Å². The summed E-state index contributed by atoms with van der Waals surface area (Å²) < 4.78 is 0. The summed E-state index contributed by atoms with van der Waals surface area (Å²) in [6.07, 6.45) is 2.18. The minimum atomic E-state index is -0.184. The number of piperidine rings is 1. The number of nitrogens with zero attached hydrogens (tertiary/aromatic N) is 1. The number of carbonyl (C=O) groups excluding carboxylic acids is 2. The van der Waals surface area contributed by atoms with Gasteiger partial charge in [0.1, 0.15) is 5.75 Å². The lowest BCUT2D eigenvalue weighted by atomic mass is 9.77. The molecule has 0 aliphatic carbocycles. The summed E-state index contributed by atoms with van der Waals surface area (Å²) >= 11 is 5.78. The Bertz CT molecular complexity index is 595. The van der Waals surface area contributed by atoms with Crippen LogP contribution in [-0.2, 0) is 4.79 Å². The van der Waals surface area contributed by atoms with Crippen molar-refractivity contribution in [2.45, 2.75) is 19.3 Å². The van der Waals surface area contributed by atoms with E-state index in [9.17, 15) is 14.7 Å². The summed E-state index contributed by atoms with van der Waals surface area (Å²) in [5.41, 5.74) is 0.284. The van der Waals surface area contributed by atoms with Crippen molar-refractivity contribution in [3.8, 4) is 5.75 Å². The van der Waals surface area contributed by atoms with Gasteiger partial charge in [-0.05, 0) is 36.5 Å². The number of amides is 2. The number of aromatic hydroxyl groups is 1. The number of rotatable bonds is 1. The topological polar surface area (TPSA) is 69.6 Å².